The van der Waals surface area contributed by atoms with Gasteiger partial charge < -0.3 is 9.15 Å². The van der Waals surface area contributed by atoms with E-state index in [1.807, 2.05) is 0 Å². The monoisotopic (exact) mass is 491 g/mol. The van der Waals surface area contributed by atoms with E-state index in [9.17, 15) is 18.0 Å². The fourth-order valence-corrected chi connectivity index (χ4v) is 3.86. The Bertz CT molecular complexity index is 1150. The van der Waals surface area contributed by atoms with Gasteiger partial charge in [0.2, 0.25) is 10.0 Å². The highest BCUT2D eigenvalue weighted by Crippen LogP contribution is 2.18. The molecule has 9 heteroatoms. The smallest absolute Gasteiger partial charge is 0.338 e. The zero-order valence-corrected chi connectivity index (χ0v) is 18.3. The normalized spacial score (nSPS) is 11.3. The van der Waals surface area contributed by atoms with E-state index in [2.05, 4.69) is 20.7 Å². The molecule has 0 aliphatic carbocycles. The van der Waals surface area contributed by atoms with Gasteiger partial charge in [-0.2, -0.15) is 0 Å². The Balaban J connectivity index is 1.70. The lowest BCUT2D eigenvalue weighted by atomic mass is 10.1. The first kappa shape index (κ1) is 21.9. The number of hydrogen-bond acceptors (Lipinski definition) is 6. The van der Waals surface area contributed by atoms with Crippen LogP contribution in [0.4, 0.5) is 0 Å². The highest BCUT2D eigenvalue weighted by Gasteiger charge is 2.20. The first-order valence-corrected chi connectivity index (χ1v) is 11.1. The molecular weight excluding hydrogens is 474 g/mol. The Kier molecular flexibility index (Phi) is 6.86. The van der Waals surface area contributed by atoms with Crippen molar-refractivity contribution in [2.45, 2.75) is 18.4 Å². The number of carbonyl (C=O) groups is 2. The van der Waals surface area contributed by atoms with Crippen molar-refractivity contribution in [3.8, 4) is 0 Å². The van der Waals surface area contributed by atoms with Crippen LogP contribution in [0.3, 0.4) is 0 Å². The molecule has 3 aromatic rings. The molecule has 30 heavy (non-hydrogen) atoms. The molecule has 0 amide bonds. The summed E-state index contributed by atoms with van der Waals surface area (Å²) in [6.45, 7) is 1.18. The van der Waals surface area contributed by atoms with Crippen molar-refractivity contribution in [1.82, 2.24) is 4.72 Å². The molecule has 0 aliphatic rings. The van der Waals surface area contributed by atoms with Gasteiger partial charge in [-0.3, -0.25) is 4.79 Å². The van der Waals surface area contributed by atoms with Crippen LogP contribution < -0.4 is 4.72 Å². The Morgan fingerprint density at radius 2 is 1.83 bits per heavy atom. The van der Waals surface area contributed by atoms with Gasteiger partial charge in [0.15, 0.2) is 12.4 Å². The van der Waals surface area contributed by atoms with Gasteiger partial charge in [0.25, 0.3) is 0 Å². The molecule has 1 N–H and O–H groups in total. The average Bonchev–Trinajstić information content (AvgIpc) is 3.25. The molecular formula is C21H18BrNO6S. The molecule has 156 valence electrons. The van der Waals surface area contributed by atoms with E-state index in [1.165, 1.54) is 24.5 Å². The van der Waals surface area contributed by atoms with Gasteiger partial charge in [0, 0.05) is 10.0 Å². The molecule has 0 spiro atoms. The SMILES string of the molecule is Cc1ccc(S(=O)(=O)NCc2ccco2)cc1C(=O)OCC(=O)c1ccc(Br)cc1. The molecule has 0 unspecified atom stereocenters. The van der Waals surface area contributed by atoms with Crippen LogP contribution in [0.25, 0.3) is 0 Å². The van der Waals surface area contributed by atoms with Crippen LogP contribution in [0.1, 0.15) is 32.0 Å². The molecule has 1 heterocycles. The fourth-order valence-electron chi connectivity index (χ4n) is 2.58. The Labute approximate surface area is 182 Å². The minimum atomic E-state index is -3.88. The lowest BCUT2D eigenvalue weighted by molar-refractivity contribution is 0.0473. The van der Waals surface area contributed by atoms with Gasteiger partial charge in [-0.05, 0) is 48.9 Å². The molecule has 0 bridgehead atoms. The number of ketones is 1. The van der Waals surface area contributed by atoms with Crippen molar-refractivity contribution in [2.24, 2.45) is 0 Å². The summed E-state index contributed by atoms with van der Waals surface area (Å²) in [5.74, 6) is -0.685. The maximum absolute atomic E-state index is 12.5. The number of sulfonamides is 1. The van der Waals surface area contributed by atoms with Crippen LogP contribution in [-0.2, 0) is 21.3 Å². The van der Waals surface area contributed by atoms with Crippen LogP contribution in [0.2, 0.25) is 0 Å². The number of nitrogens with one attached hydrogen (secondary N) is 1. The summed E-state index contributed by atoms with van der Waals surface area (Å²) in [6, 6.07) is 14.1. The van der Waals surface area contributed by atoms with Gasteiger partial charge in [-0.1, -0.05) is 34.1 Å². The number of halogens is 1. The summed E-state index contributed by atoms with van der Waals surface area (Å²) >= 11 is 3.28. The number of hydrogen-bond donors (Lipinski definition) is 1. The Morgan fingerprint density at radius 3 is 2.50 bits per heavy atom. The largest absolute Gasteiger partial charge is 0.468 e. The third-order valence-corrected chi connectivity index (χ3v) is 6.18. The van der Waals surface area contributed by atoms with E-state index in [0.717, 1.165) is 4.47 Å². The van der Waals surface area contributed by atoms with Crippen molar-refractivity contribution in [1.29, 1.82) is 0 Å². The van der Waals surface area contributed by atoms with Crippen molar-refractivity contribution in [2.75, 3.05) is 6.61 Å². The summed E-state index contributed by atoms with van der Waals surface area (Å²) in [6.07, 6.45) is 1.44. The Morgan fingerprint density at radius 1 is 1.10 bits per heavy atom. The number of Topliss-reactive ketones (excluding diaryl/α,β-unsaturated/α-hetero) is 1. The fraction of sp³-hybridized carbons (Fsp3) is 0.143. The number of rotatable bonds is 8. The first-order chi connectivity index (χ1) is 14.3. The molecule has 0 radical (unpaired) electrons. The van der Waals surface area contributed by atoms with Gasteiger partial charge in [0.05, 0.1) is 23.3 Å². The average molecular weight is 492 g/mol. The summed E-state index contributed by atoms with van der Waals surface area (Å²) in [4.78, 5) is 24.6. The highest BCUT2D eigenvalue weighted by atomic mass is 79.9. The number of carbonyl (C=O) groups excluding carboxylic acids is 2. The molecule has 1 aromatic heterocycles. The summed E-state index contributed by atoms with van der Waals surface area (Å²) in [5, 5.41) is 0. The lowest BCUT2D eigenvalue weighted by Gasteiger charge is -2.10. The zero-order chi connectivity index (χ0) is 21.7. The molecule has 0 saturated heterocycles. The van der Waals surface area contributed by atoms with E-state index in [4.69, 9.17) is 9.15 Å². The standard InChI is InChI=1S/C21H18BrNO6S/c1-14-4-9-18(30(26,27)23-12-17-3-2-10-28-17)11-19(14)21(25)29-13-20(24)15-5-7-16(22)8-6-15/h2-11,23H,12-13H2,1H3. The first-order valence-electron chi connectivity index (χ1n) is 8.85. The number of esters is 1. The van der Waals surface area contributed by atoms with E-state index in [0.29, 0.717) is 16.9 Å². The second-order valence-corrected chi connectivity index (χ2v) is 9.07. The summed E-state index contributed by atoms with van der Waals surface area (Å²) in [7, 11) is -3.88. The van der Waals surface area contributed by atoms with Crippen LogP contribution in [0, 0.1) is 6.92 Å². The maximum atomic E-state index is 12.5. The molecule has 2 aromatic carbocycles. The molecule has 0 fully saturated rings. The molecule has 0 saturated carbocycles. The quantitative estimate of drug-likeness (QED) is 0.379. The van der Waals surface area contributed by atoms with Crippen LogP contribution in [-0.4, -0.2) is 26.8 Å². The molecule has 0 aliphatic heterocycles. The van der Waals surface area contributed by atoms with Gasteiger partial charge in [-0.25, -0.2) is 17.9 Å². The van der Waals surface area contributed by atoms with Crippen molar-refractivity contribution in [3.05, 3.63) is 87.8 Å². The van der Waals surface area contributed by atoms with E-state index in [1.54, 1.807) is 43.3 Å². The van der Waals surface area contributed by atoms with Gasteiger partial charge in [0.1, 0.15) is 5.76 Å². The van der Waals surface area contributed by atoms with E-state index in [-0.39, 0.29) is 22.8 Å². The minimum Gasteiger partial charge on any atom is -0.468 e. The topological polar surface area (TPSA) is 103 Å². The predicted molar refractivity (Wildman–Crippen MR) is 113 cm³/mol. The third-order valence-electron chi connectivity index (χ3n) is 4.26. The molecule has 7 nitrogen and oxygen atoms in total. The van der Waals surface area contributed by atoms with Crippen molar-refractivity contribution < 1.29 is 27.2 Å². The Hall–Kier alpha value is -2.75. The zero-order valence-electron chi connectivity index (χ0n) is 15.9. The number of aryl methyl sites for hydroxylation is 1. The minimum absolute atomic E-state index is 0.0231. The highest BCUT2D eigenvalue weighted by molar-refractivity contribution is 9.10. The maximum Gasteiger partial charge on any atom is 0.338 e. The van der Waals surface area contributed by atoms with Crippen molar-refractivity contribution >= 4 is 37.7 Å². The third kappa shape index (κ3) is 5.44. The lowest BCUT2D eigenvalue weighted by Crippen LogP contribution is -2.23. The molecule has 3 rings (SSSR count). The second kappa shape index (κ2) is 9.38. The summed E-state index contributed by atoms with van der Waals surface area (Å²) in [5.41, 5.74) is 1.00. The summed E-state index contributed by atoms with van der Waals surface area (Å²) < 4.78 is 38.5. The number of ether oxygens (including phenoxy) is 1. The predicted octanol–water partition coefficient (Wildman–Crippen LogP) is 3.87. The number of benzene rings is 2. The second-order valence-electron chi connectivity index (χ2n) is 6.39. The van der Waals surface area contributed by atoms with Gasteiger partial charge >= 0.3 is 5.97 Å². The van der Waals surface area contributed by atoms with Crippen molar-refractivity contribution in [3.63, 3.8) is 0 Å². The molecule has 0 atom stereocenters. The van der Waals surface area contributed by atoms with Crippen LogP contribution in [0.5, 0.6) is 0 Å². The van der Waals surface area contributed by atoms with Crippen LogP contribution >= 0.6 is 15.9 Å². The van der Waals surface area contributed by atoms with Gasteiger partial charge in [-0.15, -0.1) is 0 Å². The van der Waals surface area contributed by atoms with E-state index >= 15 is 0 Å². The number of furan rings is 1. The van der Waals surface area contributed by atoms with Crippen LogP contribution in [0.15, 0.2) is 74.6 Å². The van der Waals surface area contributed by atoms with E-state index < -0.39 is 22.6 Å².